The van der Waals surface area contributed by atoms with Crippen LogP contribution >= 0.6 is 0 Å². The highest BCUT2D eigenvalue weighted by Crippen LogP contribution is 2.17. The monoisotopic (exact) mass is 379 g/mol. The number of hydrogen-bond donors (Lipinski definition) is 0. The van der Waals surface area contributed by atoms with Gasteiger partial charge in [0.1, 0.15) is 11.3 Å². The molecule has 0 aliphatic carbocycles. The molecule has 5 heteroatoms. The smallest absolute Gasteiger partial charge is 0.357 e. The minimum atomic E-state index is -0.684. The Morgan fingerprint density at radius 2 is 1.43 bits per heavy atom. The summed E-state index contributed by atoms with van der Waals surface area (Å²) < 4.78 is 10.1. The van der Waals surface area contributed by atoms with Gasteiger partial charge in [-0.1, -0.05) is 60.7 Å². The average molecular weight is 379 g/mol. The summed E-state index contributed by atoms with van der Waals surface area (Å²) in [6, 6.07) is 19.1. The molecule has 2 rings (SSSR count). The van der Waals surface area contributed by atoms with Crippen molar-refractivity contribution in [1.82, 2.24) is 0 Å². The number of carbonyl (C=O) groups is 2. The second-order valence-electron chi connectivity index (χ2n) is 7.06. The second kappa shape index (κ2) is 9.65. The van der Waals surface area contributed by atoms with Gasteiger partial charge < -0.3 is 9.47 Å². The van der Waals surface area contributed by atoms with Crippen LogP contribution < -0.4 is 0 Å². The van der Waals surface area contributed by atoms with Crippen LogP contribution in [0.25, 0.3) is 0 Å². The normalized spacial score (nSPS) is 11.5. The molecule has 0 saturated heterocycles. The number of nitrogens with zero attached hydrogens (tertiary/aromatic N) is 1. The van der Waals surface area contributed by atoms with Gasteiger partial charge in [-0.15, -0.1) is 0 Å². The molecule has 146 valence electrons. The lowest BCUT2D eigenvalue weighted by Crippen LogP contribution is -2.25. The summed E-state index contributed by atoms with van der Waals surface area (Å²) in [5, 5.41) is 0. The van der Waals surface area contributed by atoms with Crippen LogP contribution in [0.5, 0.6) is 0 Å². The first-order valence-corrected chi connectivity index (χ1v) is 9.00. The van der Waals surface area contributed by atoms with E-state index in [0.717, 1.165) is 11.1 Å². The van der Waals surface area contributed by atoms with Crippen molar-refractivity contribution in [3.63, 3.8) is 0 Å². The van der Waals surface area contributed by atoms with E-state index in [1.807, 2.05) is 60.7 Å². The van der Waals surface area contributed by atoms with E-state index in [4.69, 9.17) is 4.74 Å². The number of benzene rings is 2. The quantitative estimate of drug-likeness (QED) is 0.426. The largest absolute Gasteiger partial charge is 0.469 e. The van der Waals surface area contributed by atoms with Crippen LogP contribution in [0.1, 0.15) is 38.3 Å². The molecule has 5 nitrogen and oxygen atoms in total. The lowest BCUT2D eigenvalue weighted by molar-refractivity contribution is -0.149. The third kappa shape index (κ3) is 6.50. The van der Waals surface area contributed by atoms with E-state index in [0.29, 0.717) is 5.71 Å². The molecule has 0 atom stereocenters. The molecule has 0 aliphatic heterocycles. The molecule has 0 N–H and O–H groups in total. The van der Waals surface area contributed by atoms with E-state index in [1.165, 1.54) is 13.2 Å². The Morgan fingerprint density at radius 1 is 0.929 bits per heavy atom. The van der Waals surface area contributed by atoms with Crippen LogP contribution in [0.4, 0.5) is 0 Å². The molecule has 0 aliphatic rings. The van der Waals surface area contributed by atoms with Crippen molar-refractivity contribution in [2.45, 2.75) is 32.8 Å². The molecule has 0 radical (unpaired) electrons. The SMILES string of the molecule is COC(=O)C/C=C(\N=C(c1ccccc1)c1ccccc1)C(=O)OC(C)(C)C. The molecule has 0 unspecified atom stereocenters. The number of hydrogen-bond acceptors (Lipinski definition) is 5. The van der Waals surface area contributed by atoms with Crippen molar-refractivity contribution in [1.29, 1.82) is 0 Å². The van der Waals surface area contributed by atoms with Gasteiger partial charge in [0.25, 0.3) is 0 Å². The third-order valence-electron chi connectivity index (χ3n) is 3.62. The fourth-order valence-electron chi connectivity index (χ4n) is 2.38. The maximum atomic E-state index is 12.7. The van der Waals surface area contributed by atoms with Gasteiger partial charge in [-0.2, -0.15) is 0 Å². The average Bonchev–Trinajstić information content (AvgIpc) is 2.67. The summed E-state index contributed by atoms with van der Waals surface area (Å²) >= 11 is 0. The molecule has 28 heavy (non-hydrogen) atoms. The molecule has 0 aromatic heterocycles. The first-order valence-electron chi connectivity index (χ1n) is 9.00. The van der Waals surface area contributed by atoms with E-state index >= 15 is 0 Å². The van der Waals surface area contributed by atoms with E-state index in [-0.39, 0.29) is 12.1 Å². The predicted molar refractivity (Wildman–Crippen MR) is 109 cm³/mol. The zero-order valence-corrected chi connectivity index (χ0v) is 16.6. The summed E-state index contributed by atoms with van der Waals surface area (Å²) in [6.45, 7) is 5.34. The van der Waals surface area contributed by atoms with Crippen molar-refractivity contribution in [2.24, 2.45) is 4.99 Å². The van der Waals surface area contributed by atoms with Crippen molar-refractivity contribution in [3.8, 4) is 0 Å². The maximum Gasteiger partial charge on any atom is 0.357 e. The Bertz CT molecular complexity index is 821. The summed E-state index contributed by atoms with van der Waals surface area (Å²) in [7, 11) is 1.30. The van der Waals surface area contributed by atoms with Gasteiger partial charge in [0.2, 0.25) is 0 Å². The molecular formula is C23H25NO4. The van der Waals surface area contributed by atoms with Crippen LogP contribution in [0.3, 0.4) is 0 Å². The summed E-state index contributed by atoms with van der Waals surface area (Å²) in [5.74, 6) is -1.06. The molecule has 2 aromatic rings. The van der Waals surface area contributed by atoms with Crippen LogP contribution in [-0.4, -0.2) is 30.4 Å². The van der Waals surface area contributed by atoms with Crippen LogP contribution in [0.2, 0.25) is 0 Å². The molecule has 0 spiro atoms. The lowest BCUT2D eigenvalue weighted by atomic mass is 10.0. The molecule has 0 bridgehead atoms. The van der Waals surface area contributed by atoms with E-state index in [9.17, 15) is 9.59 Å². The van der Waals surface area contributed by atoms with Crippen LogP contribution in [0, 0.1) is 0 Å². The Morgan fingerprint density at radius 3 is 1.86 bits per heavy atom. The topological polar surface area (TPSA) is 65.0 Å². The third-order valence-corrected chi connectivity index (χ3v) is 3.62. The molecule has 0 heterocycles. The Hall–Kier alpha value is -3.21. The first-order chi connectivity index (χ1) is 13.3. The fourth-order valence-corrected chi connectivity index (χ4v) is 2.38. The number of aliphatic imine (C=N–C) groups is 1. The van der Waals surface area contributed by atoms with Crippen molar-refractivity contribution < 1.29 is 19.1 Å². The Labute approximate surface area is 165 Å². The van der Waals surface area contributed by atoms with E-state index < -0.39 is 17.5 Å². The Balaban J connectivity index is 2.54. The zero-order valence-electron chi connectivity index (χ0n) is 16.6. The van der Waals surface area contributed by atoms with Crippen LogP contribution in [-0.2, 0) is 19.1 Å². The highest BCUT2D eigenvalue weighted by atomic mass is 16.6. The van der Waals surface area contributed by atoms with Gasteiger partial charge in [0, 0.05) is 11.1 Å². The van der Waals surface area contributed by atoms with E-state index in [1.54, 1.807) is 20.8 Å². The number of rotatable bonds is 6. The van der Waals surface area contributed by atoms with Crippen molar-refractivity contribution in [3.05, 3.63) is 83.6 Å². The zero-order chi connectivity index (χ0) is 20.6. The number of esters is 2. The molecule has 0 fully saturated rings. The predicted octanol–water partition coefficient (Wildman–Crippen LogP) is 4.31. The number of ether oxygens (including phenoxy) is 2. The van der Waals surface area contributed by atoms with Gasteiger partial charge in [0.05, 0.1) is 19.2 Å². The number of methoxy groups -OCH3 is 1. The van der Waals surface area contributed by atoms with E-state index in [2.05, 4.69) is 9.73 Å². The molecule has 0 amide bonds. The minimum Gasteiger partial charge on any atom is -0.469 e. The van der Waals surface area contributed by atoms with Gasteiger partial charge in [-0.25, -0.2) is 9.79 Å². The van der Waals surface area contributed by atoms with Crippen molar-refractivity contribution in [2.75, 3.05) is 7.11 Å². The minimum absolute atomic E-state index is 0.0584. The molecule has 0 saturated carbocycles. The van der Waals surface area contributed by atoms with Gasteiger partial charge in [-0.05, 0) is 26.8 Å². The second-order valence-corrected chi connectivity index (χ2v) is 7.06. The highest BCUT2D eigenvalue weighted by molar-refractivity contribution is 6.14. The summed E-state index contributed by atoms with van der Waals surface area (Å²) in [5.41, 5.74) is 1.69. The molecule has 2 aromatic carbocycles. The highest BCUT2D eigenvalue weighted by Gasteiger charge is 2.21. The standard InChI is InChI=1S/C23H25NO4/c1-23(2,3)28-22(26)19(15-16-20(25)27-4)24-21(17-11-7-5-8-12-17)18-13-9-6-10-14-18/h5-15H,16H2,1-4H3/b19-15-. The summed E-state index contributed by atoms with van der Waals surface area (Å²) in [6.07, 6.45) is 1.36. The first kappa shape index (κ1) is 21.1. The van der Waals surface area contributed by atoms with Gasteiger partial charge >= 0.3 is 11.9 Å². The maximum absolute atomic E-state index is 12.7. The van der Waals surface area contributed by atoms with Crippen LogP contribution in [0.15, 0.2) is 77.4 Å². The molecular weight excluding hydrogens is 354 g/mol. The lowest BCUT2D eigenvalue weighted by Gasteiger charge is -2.20. The van der Waals surface area contributed by atoms with Crippen molar-refractivity contribution >= 4 is 17.7 Å². The fraction of sp³-hybridized carbons (Fsp3) is 0.261. The van der Waals surface area contributed by atoms with Gasteiger partial charge in [-0.3, -0.25) is 4.79 Å². The number of carbonyl (C=O) groups excluding carboxylic acids is 2. The Kier molecular flexibility index (Phi) is 7.27. The summed E-state index contributed by atoms with van der Waals surface area (Å²) in [4.78, 5) is 28.9. The van der Waals surface area contributed by atoms with Gasteiger partial charge in [0.15, 0.2) is 0 Å².